The quantitative estimate of drug-likeness (QED) is 0.644. The number of hydrogen-bond acceptors (Lipinski definition) is 4. The number of halogens is 1. The monoisotopic (exact) mass is 442 g/mol. The Morgan fingerprint density at radius 1 is 1.20 bits per heavy atom. The van der Waals surface area contributed by atoms with Crippen molar-refractivity contribution in [3.05, 3.63) is 58.1 Å². The Hall–Kier alpha value is -1.35. The molecule has 134 valence electrons. The van der Waals surface area contributed by atoms with Gasteiger partial charge in [0.2, 0.25) is 15.9 Å². The Morgan fingerprint density at radius 2 is 1.88 bits per heavy atom. The van der Waals surface area contributed by atoms with E-state index in [1.54, 1.807) is 12.1 Å². The van der Waals surface area contributed by atoms with Gasteiger partial charge < -0.3 is 5.32 Å². The number of carbonyl (C=O) groups excluding carboxylic acids is 1. The molecule has 0 spiro atoms. The van der Waals surface area contributed by atoms with Crippen molar-refractivity contribution in [1.82, 2.24) is 5.32 Å². The highest BCUT2D eigenvalue weighted by atomic mass is 79.9. The third kappa shape index (κ3) is 6.47. The Kier molecular flexibility index (Phi) is 7.06. The Morgan fingerprint density at radius 3 is 2.48 bits per heavy atom. The molecule has 25 heavy (non-hydrogen) atoms. The molecule has 0 saturated carbocycles. The van der Waals surface area contributed by atoms with Gasteiger partial charge in [0.15, 0.2) is 0 Å². The standard InChI is InChI=1S/C17H19BrN2O3S2/c1-12-10-14(18)4-7-16(12)24-11-17(21)20-9-8-13-2-5-15(6-3-13)25(19,22)23/h2-7,10H,8-9,11H2,1H3,(H,20,21)(H2,19,22,23). The summed E-state index contributed by atoms with van der Waals surface area (Å²) in [4.78, 5) is 13.1. The van der Waals surface area contributed by atoms with E-state index in [1.807, 2.05) is 25.1 Å². The van der Waals surface area contributed by atoms with Gasteiger partial charge in [0.1, 0.15) is 0 Å². The maximum absolute atomic E-state index is 11.9. The van der Waals surface area contributed by atoms with Gasteiger partial charge in [-0.05, 0) is 54.8 Å². The number of aryl methyl sites for hydroxylation is 1. The molecule has 0 aliphatic carbocycles. The fourth-order valence-electron chi connectivity index (χ4n) is 2.16. The molecule has 0 unspecified atom stereocenters. The van der Waals surface area contributed by atoms with Crippen LogP contribution in [0.2, 0.25) is 0 Å². The molecule has 0 aliphatic rings. The predicted octanol–water partition coefficient (Wildman–Crippen LogP) is 2.86. The van der Waals surface area contributed by atoms with Gasteiger partial charge in [-0.15, -0.1) is 11.8 Å². The molecule has 1 amide bonds. The third-order valence-electron chi connectivity index (χ3n) is 3.48. The van der Waals surface area contributed by atoms with Gasteiger partial charge in [-0.3, -0.25) is 4.79 Å². The molecule has 5 nitrogen and oxygen atoms in total. The second-order valence-corrected chi connectivity index (χ2v) is 8.98. The predicted molar refractivity (Wildman–Crippen MR) is 104 cm³/mol. The summed E-state index contributed by atoms with van der Waals surface area (Å²) in [5.74, 6) is 0.320. The van der Waals surface area contributed by atoms with Gasteiger partial charge in [-0.1, -0.05) is 28.1 Å². The Labute approximate surface area is 160 Å². The number of hydrogen-bond donors (Lipinski definition) is 2. The highest BCUT2D eigenvalue weighted by Crippen LogP contribution is 2.25. The maximum atomic E-state index is 11.9. The number of thioether (sulfide) groups is 1. The van der Waals surface area contributed by atoms with Crippen molar-refractivity contribution in [2.45, 2.75) is 23.1 Å². The van der Waals surface area contributed by atoms with Crippen LogP contribution in [0.5, 0.6) is 0 Å². The lowest BCUT2D eigenvalue weighted by atomic mass is 10.1. The summed E-state index contributed by atoms with van der Waals surface area (Å²) in [6, 6.07) is 12.3. The minimum absolute atomic E-state index is 0.0338. The number of nitrogens with two attached hydrogens (primary N) is 1. The van der Waals surface area contributed by atoms with Gasteiger partial charge >= 0.3 is 0 Å². The minimum atomic E-state index is -3.67. The zero-order valence-electron chi connectivity index (χ0n) is 13.7. The zero-order valence-corrected chi connectivity index (χ0v) is 16.9. The van der Waals surface area contributed by atoms with Crippen molar-refractivity contribution < 1.29 is 13.2 Å². The highest BCUT2D eigenvalue weighted by molar-refractivity contribution is 9.10. The van der Waals surface area contributed by atoms with Crippen molar-refractivity contribution in [2.75, 3.05) is 12.3 Å². The summed E-state index contributed by atoms with van der Waals surface area (Å²) < 4.78 is 23.4. The van der Waals surface area contributed by atoms with E-state index in [9.17, 15) is 13.2 Å². The van der Waals surface area contributed by atoms with Crippen molar-refractivity contribution >= 4 is 43.6 Å². The number of sulfonamides is 1. The number of carbonyl (C=O) groups is 1. The molecular formula is C17H19BrN2O3S2. The Balaban J connectivity index is 1.77. The van der Waals surface area contributed by atoms with Crippen LogP contribution in [0.1, 0.15) is 11.1 Å². The summed E-state index contributed by atoms with van der Waals surface area (Å²) >= 11 is 4.92. The molecule has 8 heteroatoms. The van der Waals surface area contributed by atoms with Crippen LogP contribution in [0.25, 0.3) is 0 Å². The van der Waals surface area contributed by atoms with Gasteiger partial charge in [-0.2, -0.15) is 0 Å². The lowest BCUT2D eigenvalue weighted by molar-refractivity contribution is -0.118. The van der Waals surface area contributed by atoms with Crippen molar-refractivity contribution in [3.8, 4) is 0 Å². The van der Waals surface area contributed by atoms with E-state index < -0.39 is 10.0 Å². The minimum Gasteiger partial charge on any atom is -0.355 e. The average Bonchev–Trinajstić information content (AvgIpc) is 2.53. The molecule has 0 bridgehead atoms. The molecule has 2 aromatic rings. The van der Waals surface area contributed by atoms with Crippen LogP contribution in [0.15, 0.2) is 56.7 Å². The molecular weight excluding hydrogens is 424 g/mol. The molecule has 3 N–H and O–H groups in total. The number of benzene rings is 2. The van der Waals surface area contributed by atoms with Gasteiger partial charge in [0.05, 0.1) is 10.6 Å². The van der Waals surface area contributed by atoms with E-state index in [-0.39, 0.29) is 10.8 Å². The summed E-state index contributed by atoms with van der Waals surface area (Å²) in [7, 11) is -3.67. The van der Waals surface area contributed by atoms with E-state index in [4.69, 9.17) is 5.14 Å². The van der Waals surface area contributed by atoms with E-state index in [1.165, 1.54) is 23.9 Å². The van der Waals surface area contributed by atoms with Crippen LogP contribution in [0, 0.1) is 6.92 Å². The first kappa shape index (κ1) is 20.0. The first-order chi connectivity index (χ1) is 11.8. The van der Waals surface area contributed by atoms with Crippen molar-refractivity contribution in [1.29, 1.82) is 0 Å². The molecule has 0 radical (unpaired) electrons. The largest absolute Gasteiger partial charge is 0.355 e. The number of rotatable bonds is 7. The van der Waals surface area contributed by atoms with E-state index in [2.05, 4.69) is 21.2 Å². The van der Waals surface area contributed by atoms with E-state index >= 15 is 0 Å². The topological polar surface area (TPSA) is 89.3 Å². The fourth-order valence-corrected chi connectivity index (χ4v) is 3.99. The highest BCUT2D eigenvalue weighted by Gasteiger charge is 2.08. The van der Waals surface area contributed by atoms with E-state index in [0.717, 1.165) is 20.5 Å². The summed E-state index contributed by atoms with van der Waals surface area (Å²) in [6.07, 6.45) is 0.624. The van der Waals surface area contributed by atoms with Gasteiger partial charge in [0, 0.05) is 15.9 Å². The molecule has 2 rings (SSSR count). The number of nitrogens with one attached hydrogen (secondary N) is 1. The summed E-state index contributed by atoms with van der Waals surface area (Å²) in [6.45, 7) is 2.50. The van der Waals surface area contributed by atoms with Crippen LogP contribution in [0.4, 0.5) is 0 Å². The molecule has 2 aromatic carbocycles. The smallest absolute Gasteiger partial charge is 0.238 e. The first-order valence-electron chi connectivity index (χ1n) is 7.53. The third-order valence-corrected chi connectivity index (χ3v) is 6.08. The number of amides is 1. The molecule has 0 atom stereocenters. The maximum Gasteiger partial charge on any atom is 0.238 e. The van der Waals surface area contributed by atoms with Crippen LogP contribution < -0.4 is 10.5 Å². The summed E-state index contributed by atoms with van der Waals surface area (Å²) in [5, 5.41) is 7.92. The van der Waals surface area contributed by atoms with Crippen LogP contribution >= 0.6 is 27.7 Å². The first-order valence-corrected chi connectivity index (χ1v) is 10.9. The SMILES string of the molecule is Cc1cc(Br)ccc1SCC(=O)NCCc1ccc(S(N)(=O)=O)cc1. The van der Waals surface area contributed by atoms with Crippen molar-refractivity contribution in [3.63, 3.8) is 0 Å². The normalized spacial score (nSPS) is 11.3. The van der Waals surface area contributed by atoms with Crippen LogP contribution in [-0.4, -0.2) is 26.6 Å². The summed E-state index contributed by atoms with van der Waals surface area (Å²) in [5.41, 5.74) is 2.06. The molecule has 0 fully saturated rings. The lowest BCUT2D eigenvalue weighted by Gasteiger charge is -2.08. The average molecular weight is 443 g/mol. The van der Waals surface area contributed by atoms with Crippen LogP contribution in [0.3, 0.4) is 0 Å². The molecule has 0 saturated heterocycles. The van der Waals surface area contributed by atoms with Crippen LogP contribution in [-0.2, 0) is 21.2 Å². The van der Waals surface area contributed by atoms with Gasteiger partial charge in [-0.25, -0.2) is 13.6 Å². The number of primary sulfonamides is 1. The molecule has 0 aromatic heterocycles. The van der Waals surface area contributed by atoms with Crippen molar-refractivity contribution in [2.24, 2.45) is 5.14 Å². The second kappa shape index (κ2) is 8.84. The lowest BCUT2D eigenvalue weighted by Crippen LogP contribution is -2.27. The Bertz CT molecular complexity index is 853. The molecule has 0 heterocycles. The zero-order chi connectivity index (χ0) is 18.4. The second-order valence-electron chi connectivity index (χ2n) is 5.49. The molecule has 0 aliphatic heterocycles. The fraction of sp³-hybridized carbons (Fsp3) is 0.235. The van der Waals surface area contributed by atoms with E-state index in [0.29, 0.717) is 18.7 Å². The van der Waals surface area contributed by atoms with Gasteiger partial charge in [0.25, 0.3) is 0 Å².